The Bertz CT molecular complexity index is 766. The summed E-state index contributed by atoms with van der Waals surface area (Å²) < 4.78 is 13.0. The molecule has 4 rings (SSSR count). The lowest BCUT2D eigenvalue weighted by atomic mass is 9.86. The van der Waals surface area contributed by atoms with Crippen molar-refractivity contribution in [2.45, 2.75) is 44.2 Å². The van der Waals surface area contributed by atoms with Crippen molar-refractivity contribution in [3.63, 3.8) is 0 Å². The van der Waals surface area contributed by atoms with Crippen LogP contribution in [0.5, 0.6) is 0 Å². The van der Waals surface area contributed by atoms with Gasteiger partial charge in [-0.1, -0.05) is 24.3 Å². The number of likely N-dealkylation sites (tertiary alicyclic amines) is 1. The van der Waals surface area contributed by atoms with E-state index in [9.17, 15) is 9.18 Å². The first-order valence-electron chi connectivity index (χ1n) is 9.59. The summed E-state index contributed by atoms with van der Waals surface area (Å²) in [6, 6.07) is 15.3. The van der Waals surface area contributed by atoms with Gasteiger partial charge in [0.15, 0.2) is 0 Å². The van der Waals surface area contributed by atoms with Crippen molar-refractivity contribution in [1.82, 2.24) is 10.2 Å². The van der Waals surface area contributed by atoms with Crippen LogP contribution in [0, 0.1) is 5.82 Å². The molecule has 1 atom stereocenters. The Balaban J connectivity index is 1.35. The molecule has 1 aliphatic heterocycles. The fourth-order valence-corrected chi connectivity index (χ4v) is 4.33. The molecule has 0 aromatic heterocycles. The number of carbonyl (C=O) groups excluding carboxylic acids is 1. The van der Waals surface area contributed by atoms with Gasteiger partial charge in [0.25, 0.3) is 5.91 Å². The SMILES string of the molecule is O=C(NC1CCN([C@@H]2CCCc3ccccc32)CC1)c1ccc(F)cc1. The number of hydrogen-bond donors (Lipinski definition) is 1. The van der Waals surface area contributed by atoms with Gasteiger partial charge in [-0.3, -0.25) is 9.69 Å². The first-order valence-corrected chi connectivity index (χ1v) is 9.59. The molecule has 2 aromatic carbocycles. The predicted octanol–water partition coefficient (Wildman–Crippen LogP) is 4.10. The van der Waals surface area contributed by atoms with Gasteiger partial charge in [0.1, 0.15) is 5.82 Å². The summed E-state index contributed by atoms with van der Waals surface area (Å²) in [5.74, 6) is -0.422. The summed E-state index contributed by atoms with van der Waals surface area (Å²) in [4.78, 5) is 14.9. The summed E-state index contributed by atoms with van der Waals surface area (Å²) in [7, 11) is 0. The fourth-order valence-electron chi connectivity index (χ4n) is 4.33. The molecular formula is C22H25FN2O. The molecule has 0 saturated carbocycles. The van der Waals surface area contributed by atoms with Gasteiger partial charge in [0, 0.05) is 30.7 Å². The van der Waals surface area contributed by atoms with E-state index >= 15 is 0 Å². The summed E-state index contributed by atoms with van der Waals surface area (Å²) in [5, 5.41) is 3.11. The zero-order chi connectivity index (χ0) is 17.9. The molecule has 26 heavy (non-hydrogen) atoms. The molecule has 1 aliphatic carbocycles. The molecule has 1 N–H and O–H groups in total. The molecule has 4 heteroatoms. The summed E-state index contributed by atoms with van der Waals surface area (Å²) >= 11 is 0. The van der Waals surface area contributed by atoms with E-state index in [1.54, 1.807) is 12.1 Å². The molecule has 136 valence electrons. The Morgan fingerprint density at radius 3 is 2.50 bits per heavy atom. The third-order valence-corrected chi connectivity index (χ3v) is 5.75. The van der Waals surface area contributed by atoms with Crippen LogP contribution in [-0.4, -0.2) is 29.9 Å². The minimum Gasteiger partial charge on any atom is -0.349 e. The predicted molar refractivity (Wildman–Crippen MR) is 101 cm³/mol. The van der Waals surface area contributed by atoms with E-state index in [4.69, 9.17) is 0 Å². The maximum atomic E-state index is 13.0. The summed E-state index contributed by atoms with van der Waals surface area (Å²) in [5.41, 5.74) is 3.51. The Morgan fingerprint density at radius 2 is 1.73 bits per heavy atom. The van der Waals surface area contributed by atoms with E-state index in [1.165, 1.54) is 42.5 Å². The maximum absolute atomic E-state index is 13.0. The Labute approximate surface area is 154 Å². The molecular weight excluding hydrogens is 327 g/mol. The van der Waals surface area contributed by atoms with E-state index < -0.39 is 0 Å². The van der Waals surface area contributed by atoms with Crippen LogP contribution < -0.4 is 5.32 Å². The Morgan fingerprint density at radius 1 is 1.00 bits per heavy atom. The second kappa shape index (κ2) is 7.58. The van der Waals surface area contributed by atoms with Crippen molar-refractivity contribution >= 4 is 5.91 Å². The van der Waals surface area contributed by atoms with Crippen LogP contribution >= 0.6 is 0 Å². The van der Waals surface area contributed by atoms with E-state index in [2.05, 4.69) is 34.5 Å². The lowest BCUT2D eigenvalue weighted by Gasteiger charge is -2.40. The van der Waals surface area contributed by atoms with E-state index in [0.29, 0.717) is 11.6 Å². The number of piperidine rings is 1. The van der Waals surface area contributed by atoms with Gasteiger partial charge in [-0.15, -0.1) is 0 Å². The minimum atomic E-state index is -0.317. The molecule has 2 aliphatic rings. The minimum absolute atomic E-state index is 0.105. The quantitative estimate of drug-likeness (QED) is 0.902. The number of aryl methyl sites for hydroxylation is 1. The Kier molecular flexibility index (Phi) is 5.02. The molecule has 1 amide bonds. The number of nitrogens with one attached hydrogen (secondary N) is 1. The molecule has 2 aromatic rings. The van der Waals surface area contributed by atoms with Crippen LogP contribution in [0.4, 0.5) is 4.39 Å². The highest BCUT2D eigenvalue weighted by molar-refractivity contribution is 5.94. The zero-order valence-electron chi connectivity index (χ0n) is 15.0. The van der Waals surface area contributed by atoms with E-state index in [-0.39, 0.29) is 17.8 Å². The highest BCUT2D eigenvalue weighted by atomic mass is 19.1. The van der Waals surface area contributed by atoms with Crippen LogP contribution in [-0.2, 0) is 6.42 Å². The van der Waals surface area contributed by atoms with E-state index in [1.807, 2.05) is 0 Å². The largest absolute Gasteiger partial charge is 0.349 e. The van der Waals surface area contributed by atoms with Crippen LogP contribution in [0.25, 0.3) is 0 Å². The van der Waals surface area contributed by atoms with Crippen LogP contribution in [0.3, 0.4) is 0 Å². The van der Waals surface area contributed by atoms with Crippen molar-refractivity contribution in [2.75, 3.05) is 13.1 Å². The van der Waals surface area contributed by atoms with E-state index in [0.717, 1.165) is 25.9 Å². The van der Waals surface area contributed by atoms with Crippen molar-refractivity contribution in [2.24, 2.45) is 0 Å². The number of halogens is 1. The van der Waals surface area contributed by atoms with Gasteiger partial charge in [-0.05, 0) is 67.5 Å². The molecule has 0 bridgehead atoms. The van der Waals surface area contributed by atoms with Gasteiger partial charge < -0.3 is 5.32 Å². The topological polar surface area (TPSA) is 32.3 Å². The van der Waals surface area contributed by atoms with Gasteiger partial charge in [0.05, 0.1) is 0 Å². The third-order valence-electron chi connectivity index (χ3n) is 5.75. The van der Waals surface area contributed by atoms with Crippen LogP contribution in [0.2, 0.25) is 0 Å². The first kappa shape index (κ1) is 17.2. The van der Waals surface area contributed by atoms with Gasteiger partial charge in [-0.2, -0.15) is 0 Å². The van der Waals surface area contributed by atoms with Gasteiger partial charge >= 0.3 is 0 Å². The summed E-state index contributed by atoms with van der Waals surface area (Å²) in [6.45, 7) is 2.01. The molecule has 0 radical (unpaired) electrons. The maximum Gasteiger partial charge on any atom is 0.251 e. The Hall–Kier alpha value is -2.20. The van der Waals surface area contributed by atoms with Crippen LogP contribution in [0.1, 0.15) is 53.2 Å². The lowest BCUT2D eigenvalue weighted by Crippen LogP contribution is -2.46. The lowest BCUT2D eigenvalue weighted by molar-refractivity contribution is 0.0881. The van der Waals surface area contributed by atoms with Crippen LogP contribution in [0.15, 0.2) is 48.5 Å². The number of carbonyl (C=O) groups is 1. The first-order chi connectivity index (χ1) is 12.7. The zero-order valence-corrected chi connectivity index (χ0v) is 15.0. The average Bonchev–Trinajstić information content (AvgIpc) is 2.69. The molecule has 0 spiro atoms. The number of amides is 1. The highest BCUT2D eigenvalue weighted by Gasteiger charge is 2.29. The normalized spacial score (nSPS) is 21.2. The van der Waals surface area contributed by atoms with Gasteiger partial charge in [0.2, 0.25) is 0 Å². The average molecular weight is 352 g/mol. The second-order valence-electron chi connectivity index (χ2n) is 7.40. The molecule has 0 unspecified atom stereocenters. The molecule has 1 heterocycles. The third kappa shape index (κ3) is 3.65. The number of rotatable bonds is 3. The van der Waals surface area contributed by atoms with Gasteiger partial charge in [-0.25, -0.2) is 4.39 Å². The van der Waals surface area contributed by atoms with Crippen molar-refractivity contribution in [3.8, 4) is 0 Å². The smallest absolute Gasteiger partial charge is 0.251 e. The number of hydrogen-bond acceptors (Lipinski definition) is 2. The number of fused-ring (bicyclic) bond motifs is 1. The summed E-state index contributed by atoms with van der Waals surface area (Å²) in [6.07, 6.45) is 5.60. The number of nitrogens with zero attached hydrogens (tertiary/aromatic N) is 1. The second-order valence-corrected chi connectivity index (χ2v) is 7.40. The van der Waals surface area contributed by atoms with Crippen molar-refractivity contribution in [3.05, 3.63) is 71.0 Å². The highest BCUT2D eigenvalue weighted by Crippen LogP contribution is 2.35. The standard InChI is InChI=1S/C22H25FN2O/c23-18-10-8-17(9-11-18)22(26)24-19-12-14-25(15-13-19)21-7-3-5-16-4-1-2-6-20(16)21/h1-2,4,6,8-11,19,21H,3,5,7,12-15H2,(H,24,26)/t21-/m1/s1. The molecule has 3 nitrogen and oxygen atoms in total. The molecule has 1 fully saturated rings. The number of benzene rings is 2. The van der Waals surface area contributed by atoms with Crippen molar-refractivity contribution < 1.29 is 9.18 Å². The molecule has 1 saturated heterocycles. The van der Waals surface area contributed by atoms with Crippen molar-refractivity contribution in [1.29, 1.82) is 0 Å². The monoisotopic (exact) mass is 352 g/mol. The fraction of sp³-hybridized carbons (Fsp3) is 0.409.